The average Bonchev–Trinajstić information content (AvgIpc) is 3.40. The summed E-state index contributed by atoms with van der Waals surface area (Å²) in [6, 6.07) is 9.83. The number of anilines is 1. The van der Waals surface area contributed by atoms with Crippen LogP contribution in [0.25, 0.3) is 0 Å². The number of amides is 2. The summed E-state index contributed by atoms with van der Waals surface area (Å²) in [4.78, 5) is 42.4. The molecule has 8 heteroatoms. The molecule has 0 aliphatic carbocycles. The van der Waals surface area contributed by atoms with Gasteiger partial charge in [-0.05, 0) is 102 Å². The zero-order valence-electron chi connectivity index (χ0n) is 21.5. The van der Waals surface area contributed by atoms with E-state index in [1.54, 1.807) is 18.3 Å². The molecule has 1 unspecified atom stereocenters. The number of aromatic nitrogens is 2. The number of rotatable bonds is 5. The zero-order chi connectivity index (χ0) is 25.1. The number of aryl methyl sites for hydroxylation is 1. The first-order valence-corrected chi connectivity index (χ1v) is 13.4. The fourth-order valence-electron chi connectivity index (χ4n) is 5.93. The molecule has 0 spiro atoms. The molecule has 1 atom stereocenters. The predicted molar refractivity (Wildman–Crippen MR) is 140 cm³/mol. The van der Waals surface area contributed by atoms with E-state index in [9.17, 15) is 9.59 Å². The number of hydrogen-bond donors (Lipinski definition) is 1. The largest absolute Gasteiger partial charge is 0.334 e. The first kappa shape index (κ1) is 24.8. The Hall–Kier alpha value is -2.84. The Morgan fingerprint density at radius 3 is 2.44 bits per heavy atom. The van der Waals surface area contributed by atoms with Crippen molar-refractivity contribution < 1.29 is 9.59 Å². The van der Waals surface area contributed by atoms with E-state index < -0.39 is 0 Å². The summed E-state index contributed by atoms with van der Waals surface area (Å²) in [5.41, 5.74) is 2.18. The topological polar surface area (TPSA) is 81.7 Å². The summed E-state index contributed by atoms with van der Waals surface area (Å²) in [5, 5.41) is 2.82. The van der Waals surface area contributed by atoms with Gasteiger partial charge in [0.15, 0.2) is 0 Å². The number of carbonyl (C=O) groups excluding carboxylic acids is 2. The molecule has 5 rings (SSSR count). The Morgan fingerprint density at radius 1 is 0.944 bits per heavy atom. The van der Waals surface area contributed by atoms with Crippen molar-refractivity contribution >= 4 is 17.6 Å². The number of hydrogen-bond acceptors (Lipinski definition) is 6. The quantitative estimate of drug-likeness (QED) is 0.691. The SMILES string of the molecule is Cc1ccc(NC(=O)c2cccc(C3CCCN3C(=O)C3CCN(C4CCN(C)CC4)CC3)n2)nc1. The van der Waals surface area contributed by atoms with Crippen LogP contribution in [0.5, 0.6) is 0 Å². The molecule has 36 heavy (non-hydrogen) atoms. The van der Waals surface area contributed by atoms with Crippen molar-refractivity contribution in [3.63, 3.8) is 0 Å². The highest BCUT2D eigenvalue weighted by molar-refractivity contribution is 6.02. The van der Waals surface area contributed by atoms with Crippen molar-refractivity contribution in [2.45, 2.75) is 57.5 Å². The van der Waals surface area contributed by atoms with Crippen molar-refractivity contribution in [2.24, 2.45) is 5.92 Å². The summed E-state index contributed by atoms with van der Waals surface area (Å²) in [5.74, 6) is 0.570. The van der Waals surface area contributed by atoms with Gasteiger partial charge in [-0.25, -0.2) is 9.97 Å². The van der Waals surface area contributed by atoms with Crippen molar-refractivity contribution in [3.05, 3.63) is 53.5 Å². The molecule has 8 nitrogen and oxygen atoms in total. The van der Waals surface area contributed by atoms with E-state index in [0.717, 1.165) is 56.6 Å². The minimum atomic E-state index is -0.287. The van der Waals surface area contributed by atoms with Gasteiger partial charge >= 0.3 is 0 Å². The highest BCUT2D eigenvalue weighted by Crippen LogP contribution is 2.34. The Labute approximate surface area is 214 Å². The third-order valence-electron chi connectivity index (χ3n) is 8.12. The monoisotopic (exact) mass is 490 g/mol. The number of carbonyl (C=O) groups is 2. The molecule has 0 radical (unpaired) electrons. The maximum atomic E-state index is 13.6. The molecule has 1 N–H and O–H groups in total. The standard InChI is InChI=1S/C28H38N6O2/c1-20-8-9-26(29-19-20)31-27(35)24-6-3-5-23(30-24)25-7-4-14-34(25)28(36)21-10-17-33(18-11-21)22-12-15-32(2)16-13-22/h3,5-6,8-9,19,21-22,25H,4,7,10-18H2,1-2H3,(H,29,31,35). The second kappa shape index (κ2) is 11.0. The van der Waals surface area contributed by atoms with Crippen LogP contribution in [0.15, 0.2) is 36.5 Å². The highest BCUT2D eigenvalue weighted by Gasteiger charge is 2.37. The van der Waals surface area contributed by atoms with Crippen LogP contribution in [0.4, 0.5) is 5.82 Å². The smallest absolute Gasteiger partial charge is 0.275 e. The van der Waals surface area contributed by atoms with Crippen LogP contribution in [-0.2, 0) is 4.79 Å². The Bertz CT molecular complexity index is 1060. The highest BCUT2D eigenvalue weighted by atomic mass is 16.2. The molecule has 3 saturated heterocycles. The fourth-order valence-corrected chi connectivity index (χ4v) is 5.93. The molecule has 5 heterocycles. The predicted octanol–water partition coefficient (Wildman–Crippen LogP) is 3.51. The van der Waals surface area contributed by atoms with Gasteiger partial charge in [0.25, 0.3) is 5.91 Å². The lowest BCUT2D eigenvalue weighted by molar-refractivity contribution is -0.138. The Balaban J connectivity index is 1.20. The second-order valence-corrected chi connectivity index (χ2v) is 10.7. The third-order valence-corrected chi connectivity index (χ3v) is 8.12. The molecule has 2 aromatic heterocycles. The van der Waals surface area contributed by atoms with Gasteiger partial charge in [-0.1, -0.05) is 12.1 Å². The van der Waals surface area contributed by atoms with Crippen molar-refractivity contribution in [1.29, 1.82) is 0 Å². The number of nitrogens with one attached hydrogen (secondary N) is 1. The van der Waals surface area contributed by atoms with Crippen LogP contribution >= 0.6 is 0 Å². The van der Waals surface area contributed by atoms with Crippen LogP contribution in [0.2, 0.25) is 0 Å². The van der Waals surface area contributed by atoms with E-state index in [1.807, 2.05) is 30.0 Å². The number of nitrogens with zero attached hydrogens (tertiary/aromatic N) is 5. The Morgan fingerprint density at radius 2 is 1.72 bits per heavy atom. The molecule has 192 valence electrons. The van der Waals surface area contributed by atoms with Crippen LogP contribution in [0.3, 0.4) is 0 Å². The van der Waals surface area contributed by atoms with Crippen LogP contribution in [0.1, 0.15) is 66.3 Å². The fraction of sp³-hybridized carbons (Fsp3) is 0.571. The summed E-state index contributed by atoms with van der Waals surface area (Å²) in [6.45, 7) is 7.10. The lowest BCUT2D eigenvalue weighted by atomic mass is 9.92. The molecule has 2 aromatic rings. The minimum Gasteiger partial charge on any atom is -0.334 e. The number of pyridine rings is 2. The molecule has 3 aliphatic heterocycles. The van der Waals surface area contributed by atoms with E-state index >= 15 is 0 Å². The van der Waals surface area contributed by atoms with Gasteiger partial charge in [-0.2, -0.15) is 0 Å². The zero-order valence-corrected chi connectivity index (χ0v) is 21.5. The van der Waals surface area contributed by atoms with Gasteiger partial charge in [-0.3, -0.25) is 9.59 Å². The van der Waals surface area contributed by atoms with Gasteiger partial charge in [0.05, 0.1) is 11.7 Å². The molecule has 0 aromatic carbocycles. The normalized spacial score (nSPS) is 22.6. The van der Waals surface area contributed by atoms with Gasteiger partial charge in [0.1, 0.15) is 11.5 Å². The average molecular weight is 491 g/mol. The molecular weight excluding hydrogens is 452 g/mol. The lowest BCUT2D eigenvalue weighted by Crippen LogP contribution is -2.49. The lowest BCUT2D eigenvalue weighted by Gasteiger charge is -2.41. The maximum Gasteiger partial charge on any atom is 0.275 e. The summed E-state index contributed by atoms with van der Waals surface area (Å²) < 4.78 is 0. The molecule has 2 amide bonds. The minimum absolute atomic E-state index is 0.0605. The number of likely N-dealkylation sites (tertiary alicyclic amines) is 3. The summed E-state index contributed by atoms with van der Waals surface area (Å²) in [6.07, 6.45) is 7.92. The van der Waals surface area contributed by atoms with E-state index in [-0.39, 0.29) is 23.8 Å². The van der Waals surface area contributed by atoms with Crippen molar-refractivity contribution in [1.82, 2.24) is 24.7 Å². The molecule has 3 fully saturated rings. The van der Waals surface area contributed by atoms with Gasteiger partial charge in [0, 0.05) is 24.7 Å². The van der Waals surface area contributed by atoms with Gasteiger partial charge in [-0.15, -0.1) is 0 Å². The van der Waals surface area contributed by atoms with Crippen LogP contribution in [-0.4, -0.2) is 82.3 Å². The van der Waals surface area contributed by atoms with Crippen LogP contribution in [0, 0.1) is 12.8 Å². The van der Waals surface area contributed by atoms with Crippen molar-refractivity contribution in [2.75, 3.05) is 45.1 Å². The van der Waals surface area contributed by atoms with E-state index in [4.69, 9.17) is 0 Å². The third kappa shape index (κ3) is 5.60. The van der Waals surface area contributed by atoms with E-state index in [2.05, 4.69) is 32.1 Å². The first-order chi connectivity index (χ1) is 17.5. The van der Waals surface area contributed by atoms with Gasteiger partial charge < -0.3 is 20.0 Å². The van der Waals surface area contributed by atoms with Crippen LogP contribution < -0.4 is 5.32 Å². The van der Waals surface area contributed by atoms with E-state index in [0.29, 0.717) is 17.6 Å². The molecule has 0 bridgehead atoms. The molecule has 3 aliphatic rings. The first-order valence-electron chi connectivity index (χ1n) is 13.4. The second-order valence-electron chi connectivity index (χ2n) is 10.7. The summed E-state index contributed by atoms with van der Waals surface area (Å²) in [7, 11) is 2.20. The Kier molecular flexibility index (Phi) is 7.62. The molecular formula is C28H38N6O2. The molecule has 0 saturated carbocycles. The number of piperidine rings is 2. The van der Waals surface area contributed by atoms with Crippen molar-refractivity contribution in [3.8, 4) is 0 Å². The van der Waals surface area contributed by atoms with E-state index in [1.165, 1.54) is 25.9 Å². The maximum absolute atomic E-state index is 13.6. The summed E-state index contributed by atoms with van der Waals surface area (Å²) >= 11 is 0. The van der Waals surface area contributed by atoms with Gasteiger partial charge in [0.2, 0.25) is 5.91 Å².